The number of benzene rings is 1. The molecule has 0 radical (unpaired) electrons. The van der Waals surface area contributed by atoms with Crippen LogP contribution in [0.5, 0.6) is 0 Å². The van der Waals surface area contributed by atoms with Crippen LogP contribution in [0.25, 0.3) is 0 Å². The minimum atomic E-state index is 0.290. The molecule has 0 fully saturated rings. The van der Waals surface area contributed by atoms with Gasteiger partial charge in [-0.05, 0) is 12.1 Å². The van der Waals surface area contributed by atoms with Crippen LogP contribution in [0.1, 0.15) is 5.56 Å². The van der Waals surface area contributed by atoms with E-state index < -0.39 is 0 Å². The number of rotatable bonds is 2. The van der Waals surface area contributed by atoms with E-state index in [9.17, 15) is 0 Å². The lowest BCUT2D eigenvalue weighted by atomic mass is 10.2. The standard InChI is InChI=1S/C10H9N3/c1-13(7-6-11)10-5-3-2-4-9(10)8-12/h2-5H,7H2,1H3. The van der Waals surface area contributed by atoms with Crippen molar-refractivity contribution in [1.29, 1.82) is 10.5 Å². The Morgan fingerprint density at radius 2 is 2.00 bits per heavy atom. The summed E-state index contributed by atoms with van der Waals surface area (Å²) in [5.74, 6) is 0. The Balaban J connectivity index is 3.02. The molecule has 0 bridgehead atoms. The van der Waals surface area contributed by atoms with Crippen LogP contribution in [-0.4, -0.2) is 13.6 Å². The predicted octanol–water partition coefficient (Wildman–Crippen LogP) is 1.52. The van der Waals surface area contributed by atoms with E-state index in [1.165, 1.54) is 0 Å². The van der Waals surface area contributed by atoms with Gasteiger partial charge in [0.25, 0.3) is 0 Å². The van der Waals surface area contributed by atoms with Gasteiger partial charge < -0.3 is 4.90 Å². The molecule has 1 aromatic carbocycles. The van der Waals surface area contributed by atoms with Gasteiger partial charge in [-0.1, -0.05) is 12.1 Å². The molecule has 0 saturated heterocycles. The highest BCUT2D eigenvalue weighted by atomic mass is 15.1. The number of hydrogen-bond acceptors (Lipinski definition) is 3. The van der Waals surface area contributed by atoms with Crippen molar-refractivity contribution in [3.8, 4) is 12.1 Å². The van der Waals surface area contributed by atoms with Gasteiger partial charge in [0.2, 0.25) is 0 Å². The molecule has 3 heteroatoms. The van der Waals surface area contributed by atoms with Crippen LogP contribution >= 0.6 is 0 Å². The van der Waals surface area contributed by atoms with Crippen LogP contribution in [0.3, 0.4) is 0 Å². The van der Waals surface area contributed by atoms with Gasteiger partial charge in [0.1, 0.15) is 12.6 Å². The van der Waals surface area contributed by atoms with E-state index in [0.717, 1.165) is 5.69 Å². The Bertz CT molecular complexity index is 370. The molecule has 0 atom stereocenters. The molecule has 0 heterocycles. The minimum absolute atomic E-state index is 0.290. The molecule has 0 aromatic heterocycles. The maximum Gasteiger partial charge on any atom is 0.105 e. The fourth-order valence-corrected chi connectivity index (χ4v) is 1.09. The first kappa shape index (κ1) is 9.09. The van der Waals surface area contributed by atoms with E-state index in [0.29, 0.717) is 12.1 Å². The molecule has 0 aliphatic carbocycles. The number of anilines is 1. The topological polar surface area (TPSA) is 50.8 Å². The van der Waals surface area contributed by atoms with Crippen LogP contribution in [0.4, 0.5) is 5.69 Å². The van der Waals surface area contributed by atoms with Gasteiger partial charge in [-0.3, -0.25) is 0 Å². The fraction of sp³-hybridized carbons (Fsp3) is 0.200. The molecule has 0 unspecified atom stereocenters. The smallest absolute Gasteiger partial charge is 0.105 e. The monoisotopic (exact) mass is 171 g/mol. The largest absolute Gasteiger partial charge is 0.360 e. The highest BCUT2D eigenvalue weighted by molar-refractivity contribution is 5.59. The van der Waals surface area contributed by atoms with Crippen molar-refractivity contribution < 1.29 is 0 Å². The third-order valence-electron chi connectivity index (χ3n) is 1.74. The van der Waals surface area contributed by atoms with Gasteiger partial charge in [-0.2, -0.15) is 10.5 Å². The first-order valence-electron chi connectivity index (χ1n) is 3.87. The van der Waals surface area contributed by atoms with Crippen molar-refractivity contribution in [1.82, 2.24) is 0 Å². The maximum atomic E-state index is 8.78. The zero-order valence-electron chi connectivity index (χ0n) is 7.36. The molecule has 0 amide bonds. The lowest BCUT2D eigenvalue weighted by Crippen LogP contribution is -2.17. The third kappa shape index (κ3) is 1.98. The van der Waals surface area contributed by atoms with E-state index >= 15 is 0 Å². The minimum Gasteiger partial charge on any atom is -0.360 e. The summed E-state index contributed by atoms with van der Waals surface area (Å²) in [6.45, 7) is 0.290. The summed E-state index contributed by atoms with van der Waals surface area (Å²) in [6, 6.07) is 11.3. The second kappa shape index (κ2) is 4.13. The first-order valence-corrected chi connectivity index (χ1v) is 3.87. The fourth-order valence-electron chi connectivity index (χ4n) is 1.09. The third-order valence-corrected chi connectivity index (χ3v) is 1.74. The van der Waals surface area contributed by atoms with Gasteiger partial charge in [-0.15, -0.1) is 0 Å². The average molecular weight is 171 g/mol. The SMILES string of the molecule is CN(CC#N)c1ccccc1C#N. The molecular formula is C10H9N3. The summed E-state index contributed by atoms with van der Waals surface area (Å²) in [5, 5.41) is 17.3. The number of nitrogens with zero attached hydrogens (tertiary/aromatic N) is 3. The summed E-state index contributed by atoms with van der Waals surface area (Å²) in [5.41, 5.74) is 1.40. The number of nitriles is 2. The van der Waals surface area contributed by atoms with Crippen LogP contribution < -0.4 is 4.90 Å². The van der Waals surface area contributed by atoms with Crippen LogP contribution in [-0.2, 0) is 0 Å². The van der Waals surface area contributed by atoms with E-state index in [2.05, 4.69) is 6.07 Å². The molecule has 0 saturated carbocycles. The summed E-state index contributed by atoms with van der Waals surface area (Å²) in [7, 11) is 1.79. The van der Waals surface area contributed by atoms with Gasteiger partial charge in [-0.25, -0.2) is 0 Å². The van der Waals surface area contributed by atoms with Crippen LogP contribution in [0.2, 0.25) is 0 Å². The normalized spacial score (nSPS) is 8.54. The molecular weight excluding hydrogens is 162 g/mol. The highest BCUT2D eigenvalue weighted by Gasteiger charge is 2.04. The van der Waals surface area contributed by atoms with E-state index in [4.69, 9.17) is 10.5 Å². The second-order valence-corrected chi connectivity index (χ2v) is 2.64. The molecule has 0 aliphatic heterocycles. The van der Waals surface area contributed by atoms with Crippen LogP contribution in [0.15, 0.2) is 24.3 Å². The van der Waals surface area contributed by atoms with Crippen molar-refractivity contribution >= 4 is 5.69 Å². The quantitative estimate of drug-likeness (QED) is 0.634. The van der Waals surface area contributed by atoms with Gasteiger partial charge in [0, 0.05) is 7.05 Å². The van der Waals surface area contributed by atoms with Gasteiger partial charge in [0.05, 0.1) is 17.3 Å². The van der Waals surface area contributed by atoms with Crippen LogP contribution in [0, 0.1) is 22.7 Å². The van der Waals surface area contributed by atoms with E-state index in [-0.39, 0.29) is 0 Å². The van der Waals surface area contributed by atoms with Gasteiger partial charge in [0.15, 0.2) is 0 Å². The Hall–Kier alpha value is -2.00. The van der Waals surface area contributed by atoms with Crippen molar-refractivity contribution in [3.63, 3.8) is 0 Å². The van der Waals surface area contributed by atoms with E-state index in [1.54, 1.807) is 18.0 Å². The zero-order chi connectivity index (χ0) is 9.68. The van der Waals surface area contributed by atoms with Crippen molar-refractivity contribution in [2.45, 2.75) is 0 Å². The molecule has 64 valence electrons. The lowest BCUT2D eigenvalue weighted by Gasteiger charge is -2.15. The molecule has 1 aromatic rings. The Kier molecular flexibility index (Phi) is 2.89. The summed E-state index contributed by atoms with van der Waals surface area (Å²) in [4.78, 5) is 1.75. The van der Waals surface area contributed by atoms with Crippen molar-refractivity contribution in [2.75, 3.05) is 18.5 Å². The van der Waals surface area contributed by atoms with E-state index in [1.807, 2.05) is 24.3 Å². The molecule has 0 spiro atoms. The Labute approximate surface area is 77.4 Å². The number of para-hydroxylation sites is 1. The first-order chi connectivity index (χ1) is 6.29. The summed E-state index contributed by atoms with van der Waals surface area (Å²) < 4.78 is 0. The van der Waals surface area contributed by atoms with Crippen molar-refractivity contribution in [3.05, 3.63) is 29.8 Å². The maximum absolute atomic E-state index is 8.78. The zero-order valence-corrected chi connectivity index (χ0v) is 7.36. The molecule has 3 nitrogen and oxygen atoms in total. The lowest BCUT2D eigenvalue weighted by molar-refractivity contribution is 1.03. The average Bonchev–Trinajstić information content (AvgIpc) is 2.18. The molecule has 0 aliphatic rings. The molecule has 13 heavy (non-hydrogen) atoms. The Morgan fingerprint density at radius 3 is 2.62 bits per heavy atom. The number of hydrogen-bond donors (Lipinski definition) is 0. The van der Waals surface area contributed by atoms with Gasteiger partial charge >= 0.3 is 0 Å². The van der Waals surface area contributed by atoms with Crippen molar-refractivity contribution in [2.24, 2.45) is 0 Å². The highest BCUT2D eigenvalue weighted by Crippen LogP contribution is 2.17. The summed E-state index contributed by atoms with van der Waals surface area (Å²) >= 11 is 0. The molecule has 0 N–H and O–H groups in total. The predicted molar refractivity (Wildman–Crippen MR) is 50.0 cm³/mol. The molecule has 1 rings (SSSR count). The Morgan fingerprint density at radius 1 is 1.31 bits per heavy atom. The second-order valence-electron chi connectivity index (χ2n) is 2.64. The summed E-state index contributed by atoms with van der Waals surface area (Å²) in [6.07, 6.45) is 0.